The van der Waals surface area contributed by atoms with E-state index >= 15 is 0 Å². The second-order valence-corrected chi connectivity index (χ2v) is 5.94. The molecule has 0 amide bonds. The summed E-state index contributed by atoms with van der Waals surface area (Å²) >= 11 is 0. The van der Waals surface area contributed by atoms with Crippen LogP contribution in [0.3, 0.4) is 0 Å². The van der Waals surface area contributed by atoms with E-state index in [9.17, 15) is 14.7 Å². The zero-order chi connectivity index (χ0) is 19.1. The molecular weight excluding hydrogens is 332 g/mol. The number of Topliss-reactive ketones (excluding diaryl/α,β-unsaturated/α-hetero) is 1. The van der Waals surface area contributed by atoms with Crippen LogP contribution < -0.4 is 4.74 Å². The van der Waals surface area contributed by atoms with E-state index in [1.807, 2.05) is 13.0 Å². The lowest BCUT2D eigenvalue weighted by Gasteiger charge is -2.14. The molecule has 0 aliphatic carbocycles. The van der Waals surface area contributed by atoms with E-state index in [4.69, 9.17) is 9.47 Å². The highest BCUT2D eigenvalue weighted by molar-refractivity contribution is 5.97. The third-order valence-corrected chi connectivity index (χ3v) is 4.02. The van der Waals surface area contributed by atoms with Gasteiger partial charge in [0.25, 0.3) is 0 Å². The molecule has 0 spiro atoms. The third kappa shape index (κ3) is 4.63. The summed E-state index contributed by atoms with van der Waals surface area (Å²) < 4.78 is 10.7. The molecule has 2 rings (SSSR count). The summed E-state index contributed by atoms with van der Waals surface area (Å²) in [7, 11) is 0. The Morgan fingerprint density at radius 1 is 1.04 bits per heavy atom. The molecule has 0 saturated carbocycles. The van der Waals surface area contributed by atoms with E-state index in [2.05, 4.69) is 0 Å². The molecule has 138 valence electrons. The van der Waals surface area contributed by atoms with Gasteiger partial charge in [0.15, 0.2) is 5.78 Å². The fourth-order valence-electron chi connectivity index (χ4n) is 2.69. The molecule has 0 atom stereocenters. The minimum absolute atomic E-state index is 0.0399. The number of hydrogen-bond donors (Lipinski definition) is 1. The van der Waals surface area contributed by atoms with Gasteiger partial charge in [-0.1, -0.05) is 19.4 Å². The van der Waals surface area contributed by atoms with E-state index in [0.29, 0.717) is 29.9 Å². The number of ether oxygens (including phenoxy) is 2. The van der Waals surface area contributed by atoms with Crippen molar-refractivity contribution in [2.24, 2.45) is 0 Å². The van der Waals surface area contributed by atoms with Crippen LogP contribution in [0.25, 0.3) is 0 Å². The van der Waals surface area contributed by atoms with E-state index in [-0.39, 0.29) is 24.1 Å². The molecule has 0 heterocycles. The van der Waals surface area contributed by atoms with Crippen LogP contribution in [0.2, 0.25) is 0 Å². The first-order valence-electron chi connectivity index (χ1n) is 8.72. The predicted molar refractivity (Wildman–Crippen MR) is 98.8 cm³/mol. The summed E-state index contributed by atoms with van der Waals surface area (Å²) in [5, 5.41) is 10.4. The SMILES string of the molecule is CCCc1c(COc2ccc(C(=O)OCC)cc2)ccc(C(C)=O)c1O. The van der Waals surface area contributed by atoms with Crippen LogP contribution in [0.1, 0.15) is 59.0 Å². The number of ketones is 1. The van der Waals surface area contributed by atoms with Gasteiger partial charge in [-0.05, 0) is 56.2 Å². The summed E-state index contributed by atoms with van der Waals surface area (Å²) in [4.78, 5) is 23.3. The molecule has 0 unspecified atom stereocenters. The number of benzene rings is 2. The highest BCUT2D eigenvalue weighted by Crippen LogP contribution is 2.29. The van der Waals surface area contributed by atoms with Gasteiger partial charge in [-0.3, -0.25) is 4.79 Å². The second-order valence-electron chi connectivity index (χ2n) is 5.94. The lowest BCUT2D eigenvalue weighted by atomic mass is 9.97. The van der Waals surface area contributed by atoms with Crippen molar-refractivity contribution in [2.75, 3.05) is 6.61 Å². The van der Waals surface area contributed by atoms with E-state index in [0.717, 1.165) is 17.5 Å². The number of phenolic OH excluding ortho intramolecular Hbond substituents is 1. The summed E-state index contributed by atoms with van der Waals surface area (Å²) in [6, 6.07) is 10.1. The normalized spacial score (nSPS) is 10.4. The van der Waals surface area contributed by atoms with Crippen LogP contribution in [0, 0.1) is 0 Å². The Morgan fingerprint density at radius 3 is 2.31 bits per heavy atom. The topological polar surface area (TPSA) is 72.8 Å². The first kappa shape index (κ1) is 19.5. The molecule has 2 aromatic carbocycles. The van der Waals surface area contributed by atoms with Gasteiger partial charge in [0.05, 0.1) is 17.7 Å². The van der Waals surface area contributed by atoms with Gasteiger partial charge >= 0.3 is 5.97 Å². The molecule has 0 radical (unpaired) electrons. The van der Waals surface area contributed by atoms with Gasteiger partial charge in [-0.25, -0.2) is 4.79 Å². The summed E-state index contributed by atoms with van der Waals surface area (Å²) in [5.74, 6) is 0.115. The van der Waals surface area contributed by atoms with Gasteiger partial charge in [-0.15, -0.1) is 0 Å². The van der Waals surface area contributed by atoms with E-state index in [1.54, 1.807) is 37.3 Å². The van der Waals surface area contributed by atoms with E-state index < -0.39 is 0 Å². The number of carbonyl (C=O) groups is 2. The maximum absolute atomic E-state index is 11.7. The molecule has 0 aliphatic rings. The molecule has 2 aromatic rings. The van der Waals surface area contributed by atoms with Crippen molar-refractivity contribution in [1.82, 2.24) is 0 Å². The average Bonchev–Trinajstić information content (AvgIpc) is 2.62. The fraction of sp³-hybridized carbons (Fsp3) is 0.333. The van der Waals surface area contributed by atoms with Crippen molar-refractivity contribution in [3.8, 4) is 11.5 Å². The molecule has 5 heteroatoms. The maximum atomic E-state index is 11.7. The number of aromatic hydroxyl groups is 1. The Morgan fingerprint density at radius 2 is 1.73 bits per heavy atom. The predicted octanol–water partition coefficient (Wildman–Crippen LogP) is 4.30. The van der Waals surface area contributed by atoms with Crippen molar-refractivity contribution in [1.29, 1.82) is 0 Å². The number of esters is 1. The quantitative estimate of drug-likeness (QED) is 0.564. The van der Waals surface area contributed by atoms with Crippen LogP contribution in [0.5, 0.6) is 11.5 Å². The maximum Gasteiger partial charge on any atom is 0.338 e. The van der Waals surface area contributed by atoms with Gasteiger partial charge in [-0.2, -0.15) is 0 Å². The monoisotopic (exact) mass is 356 g/mol. The Labute approximate surface area is 153 Å². The molecule has 26 heavy (non-hydrogen) atoms. The van der Waals surface area contributed by atoms with Crippen LogP contribution in [0.15, 0.2) is 36.4 Å². The lowest BCUT2D eigenvalue weighted by molar-refractivity contribution is 0.0526. The minimum Gasteiger partial charge on any atom is -0.507 e. The van der Waals surface area contributed by atoms with Crippen molar-refractivity contribution < 1.29 is 24.2 Å². The first-order valence-corrected chi connectivity index (χ1v) is 8.72. The Bertz CT molecular complexity index is 778. The smallest absolute Gasteiger partial charge is 0.338 e. The summed E-state index contributed by atoms with van der Waals surface area (Å²) in [6.45, 7) is 5.80. The molecular formula is C21H24O5. The Kier molecular flexibility index (Phi) is 6.78. The zero-order valence-corrected chi connectivity index (χ0v) is 15.4. The number of carbonyl (C=O) groups excluding carboxylic acids is 2. The lowest BCUT2D eigenvalue weighted by Crippen LogP contribution is -2.05. The highest BCUT2D eigenvalue weighted by atomic mass is 16.5. The largest absolute Gasteiger partial charge is 0.507 e. The average molecular weight is 356 g/mol. The van der Waals surface area contributed by atoms with Crippen molar-refractivity contribution in [2.45, 2.75) is 40.2 Å². The van der Waals surface area contributed by atoms with Crippen molar-refractivity contribution in [3.05, 3.63) is 58.7 Å². The third-order valence-electron chi connectivity index (χ3n) is 4.02. The molecule has 5 nitrogen and oxygen atoms in total. The van der Waals surface area contributed by atoms with Gasteiger partial charge in [0.1, 0.15) is 18.1 Å². The van der Waals surface area contributed by atoms with Crippen LogP contribution >= 0.6 is 0 Å². The van der Waals surface area contributed by atoms with Crippen LogP contribution in [-0.4, -0.2) is 23.5 Å². The number of phenols is 1. The highest BCUT2D eigenvalue weighted by Gasteiger charge is 2.15. The Hall–Kier alpha value is -2.82. The molecule has 1 N–H and O–H groups in total. The molecule has 0 bridgehead atoms. The summed E-state index contributed by atoms with van der Waals surface area (Å²) in [5.41, 5.74) is 2.37. The van der Waals surface area contributed by atoms with Crippen molar-refractivity contribution >= 4 is 11.8 Å². The van der Waals surface area contributed by atoms with Gasteiger partial charge in [0, 0.05) is 5.56 Å². The van der Waals surface area contributed by atoms with E-state index in [1.165, 1.54) is 6.92 Å². The standard InChI is InChI=1S/C21H24O5/c1-4-6-19-16(9-12-18(14(3)22)20(19)23)13-26-17-10-7-15(8-11-17)21(24)25-5-2/h7-12,23H,4-6,13H2,1-3H3. The molecule has 0 aromatic heterocycles. The summed E-state index contributed by atoms with van der Waals surface area (Å²) in [6.07, 6.45) is 1.50. The van der Waals surface area contributed by atoms with Crippen LogP contribution in [-0.2, 0) is 17.8 Å². The number of hydrogen-bond acceptors (Lipinski definition) is 5. The van der Waals surface area contributed by atoms with Gasteiger partial charge < -0.3 is 14.6 Å². The minimum atomic E-state index is -0.367. The molecule has 0 aliphatic heterocycles. The fourth-order valence-corrected chi connectivity index (χ4v) is 2.69. The van der Waals surface area contributed by atoms with Crippen molar-refractivity contribution in [3.63, 3.8) is 0 Å². The zero-order valence-electron chi connectivity index (χ0n) is 15.4. The number of rotatable bonds is 8. The second kappa shape index (κ2) is 9.04. The van der Waals surface area contributed by atoms with Gasteiger partial charge in [0.2, 0.25) is 0 Å². The molecule has 0 fully saturated rings. The molecule has 0 saturated heterocycles. The van der Waals surface area contributed by atoms with Crippen LogP contribution in [0.4, 0.5) is 0 Å². The Balaban J connectivity index is 2.15. The first-order chi connectivity index (χ1) is 12.5.